The summed E-state index contributed by atoms with van der Waals surface area (Å²) in [6, 6.07) is 3.21. The molecule has 0 bridgehead atoms. The Morgan fingerprint density at radius 1 is 1.11 bits per heavy atom. The Bertz CT molecular complexity index is 949. The summed E-state index contributed by atoms with van der Waals surface area (Å²) in [5.41, 5.74) is 1.83. The van der Waals surface area contributed by atoms with E-state index >= 15 is 0 Å². The number of aromatic nitrogens is 4. The lowest BCUT2D eigenvalue weighted by molar-refractivity contribution is 0.0299. The van der Waals surface area contributed by atoms with Gasteiger partial charge in [0.2, 0.25) is 11.9 Å². The van der Waals surface area contributed by atoms with Crippen molar-refractivity contribution in [1.29, 1.82) is 0 Å². The Labute approximate surface area is 222 Å². The maximum Gasteiger partial charge on any atom is 0.223 e. The van der Waals surface area contributed by atoms with Crippen LogP contribution in [0.25, 0.3) is 11.4 Å². The maximum atomic E-state index is 5.51. The zero-order valence-corrected chi connectivity index (χ0v) is 23.2. The van der Waals surface area contributed by atoms with Crippen LogP contribution in [0, 0.1) is 8.99 Å². The number of nitrogens with one attached hydrogen (secondary N) is 3. The first-order valence-corrected chi connectivity index (χ1v) is 13.7. The van der Waals surface area contributed by atoms with Crippen LogP contribution in [0.4, 0.5) is 11.9 Å². The third-order valence-corrected chi connectivity index (χ3v) is 7.80. The van der Waals surface area contributed by atoms with Gasteiger partial charge in [-0.15, -0.1) is 0 Å². The fourth-order valence-electron chi connectivity index (χ4n) is 4.81. The summed E-state index contributed by atoms with van der Waals surface area (Å²) in [5.74, 6) is 1.29. The fraction of sp³-hybridized carbons (Fsp3) is 0.680. The number of ether oxygens (including phenoxy) is 2. The number of hydrogen-bond acceptors (Lipinski definition) is 9. The van der Waals surface area contributed by atoms with Crippen molar-refractivity contribution in [2.45, 2.75) is 70.5 Å². The zero-order valence-electron chi connectivity index (χ0n) is 21.0. The molecule has 9 nitrogen and oxygen atoms in total. The molecule has 1 saturated heterocycles. The Morgan fingerprint density at radius 2 is 1.86 bits per heavy atom. The zero-order chi connectivity index (χ0) is 24.7. The molecule has 0 spiro atoms. The van der Waals surface area contributed by atoms with Gasteiger partial charge in [0, 0.05) is 57.4 Å². The van der Waals surface area contributed by atoms with Crippen LogP contribution in [0.5, 0.6) is 0 Å². The first-order valence-electron chi connectivity index (χ1n) is 12.6. The van der Waals surface area contributed by atoms with Crippen LogP contribution >= 0.6 is 22.6 Å². The van der Waals surface area contributed by atoms with Crippen LogP contribution in [0.15, 0.2) is 18.5 Å². The van der Waals surface area contributed by atoms with Crippen molar-refractivity contribution in [3.8, 4) is 11.4 Å². The summed E-state index contributed by atoms with van der Waals surface area (Å²) in [6.45, 7) is 7.68. The predicted octanol–water partition coefficient (Wildman–Crippen LogP) is 4.11. The van der Waals surface area contributed by atoms with E-state index in [4.69, 9.17) is 19.4 Å². The molecule has 3 N–H and O–H groups in total. The summed E-state index contributed by atoms with van der Waals surface area (Å²) >= 11 is 2.28. The van der Waals surface area contributed by atoms with Gasteiger partial charge in [0.25, 0.3) is 0 Å². The Kier molecular flexibility index (Phi) is 9.48. The van der Waals surface area contributed by atoms with Crippen LogP contribution in [0.1, 0.15) is 52.4 Å². The van der Waals surface area contributed by atoms with Gasteiger partial charge in [-0.2, -0.15) is 0 Å². The lowest BCUT2D eigenvalue weighted by atomic mass is 9.82. The van der Waals surface area contributed by atoms with Gasteiger partial charge in [-0.05, 0) is 79.5 Å². The molecule has 1 atom stereocenters. The Balaban J connectivity index is 1.36. The highest BCUT2D eigenvalue weighted by Crippen LogP contribution is 2.30. The van der Waals surface area contributed by atoms with E-state index in [1.807, 2.05) is 12.3 Å². The topological polar surface area (TPSA) is 106 Å². The minimum atomic E-state index is 0.203. The van der Waals surface area contributed by atoms with E-state index < -0.39 is 0 Å². The summed E-state index contributed by atoms with van der Waals surface area (Å²) < 4.78 is 11.7. The summed E-state index contributed by atoms with van der Waals surface area (Å²) in [6.07, 6.45) is 10.2. The maximum absolute atomic E-state index is 5.51. The molecule has 192 valence electrons. The molecule has 10 heteroatoms. The van der Waals surface area contributed by atoms with E-state index in [1.165, 1.54) is 0 Å². The van der Waals surface area contributed by atoms with Crippen molar-refractivity contribution < 1.29 is 9.47 Å². The van der Waals surface area contributed by atoms with Crippen molar-refractivity contribution in [3.05, 3.63) is 22.0 Å². The molecule has 0 aromatic carbocycles. The van der Waals surface area contributed by atoms with E-state index in [2.05, 4.69) is 62.4 Å². The molecular weight excluding hydrogens is 557 g/mol. The van der Waals surface area contributed by atoms with E-state index in [0.29, 0.717) is 30.0 Å². The van der Waals surface area contributed by atoms with Crippen LogP contribution in [0.2, 0.25) is 0 Å². The predicted molar refractivity (Wildman–Crippen MR) is 147 cm³/mol. The minimum absolute atomic E-state index is 0.203. The van der Waals surface area contributed by atoms with Gasteiger partial charge in [-0.25, -0.2) is 19.9 Å². The molecule has 2 aliphatic rings. The normalized spacial score (nSPS) is 23.0. The molecular formula is C25H38IN7O2. The second-order valence-corrected chi connectivity index (χ2v) is 11.3. The second-order valence-electron chi connectivity index (χ2n) is 10.1. The van der Waals surface area contributed by atoms with Gasteiger partial charge in [0.15, 0.2) is 0 Å². The lowest BCUT2D eigenvalue weighted by Crippen LogP contribution is -2.43. The molecule has 0 radical (unpaired) electrons. The number of halogens is 1. The fourth-order valence-corrected chi connectivity index (χ4v) is 5.35. The average molecular weight is 596 g/mol. The number of anilines is 2. The number of hydrogen-bond donors (Lipinski definition) is 3. The molecule has 1 saturated carbocycles. The Morgan fingerprint density at radius 3 is 2.60 bits per heavy atom. The van der Waals surface area contributed by atoms with Gasteiger partial charge in [0.1, 0.15) is 5.69 Å². The largest absolute Gasteiger partial charge is 0.383 e. The molecule has 2 fully saturated rings. The van der Waals surface area contributed by atoms with E-state index in [1.54, 1.807) is 13.3 Å². The third kappa shape index (κ3) is 7.68. The van der Waals surface area contributed by atoms with Gasteiger partial charge in [-0.3, -0.25) is 0 Å². The summed E-state index contributed by atoms with van der Waals surface area (Å²) in [5, 5.41) is 10.7. The molecule has 1 aliphatic carbocycles. The summed E-state index contributed by atoms with van der Waals surface area (Å²) in [4.78, 5) is 18.6. The number of rotatable bonds is 10. The molecule has 0 unspecified atom stereocenters. The van der Waals surface area contributed by atoms with Crippen molar-refractivity contribution in [1.82, 2.24) is 25.3 Å². The Hall–Kier alpha value is -1.63. The molecule has 2 aromatic heterocycles. The van der Waals surface area contributed by atoms with Crippen molar-refractivity contribution in [2.75, 3.05) is 44.1 Å². The summed E-state index contributed by atoms with van der Waals surface area (Å²) in [7, 11) is 1.75. The number of nitrogens with zero attached hydrogens (tertiary/aromatic N) is 4. The first-order chi connectivity index (χ1) is 16.9. The van der Waals surface area contributed by atoms with Crippen molar-refractivity contribution in [3.63, 3.8) is 0 Å². The van der Waals surface area contributed by atoms with E-state index in [-0.39, 0.29) is 5.41 Å². The third-order valence-electron chi connectivity index (χ3n) is 7.01. The molecule has 1 aliphatic heterocycles. The van der Waals surface area contributed by atoms with Gasteiger partial charge >= 0.3 is 0 Å². The van der Waals surface area contributed by atoms with Gasteiger partial charge < -0.3 is 25.4 Å². The highest BCUT2D eigenvalue weighted by molar-refractivity contribution is 14.1. The molecule has 4 rings (SSSR count). The monoisotopic (exact) mass is 595 g/mol. The van der Waals surface area contributed by atoms with Gasteiger partial charge in [-0.1, -0.05) is 6.92 Å². The van der Waals surface area contributed by atoms with Crippen LogP contribution < -0.4 is 16.0 Å². The highest BCUT2D eigenvalue weighted by atomic mass is 127. The molecule has 2 aromatic rings. The van der Waals surface area contributed by atoms with Crippen molar-refractivity contribution >= 4 is 34.5 Å². The van der Waals surface area contributed by atoms with Crippen LogP contribution in [-0.2, 0) is 9.47 Å². The number of methoxy groups -OCH3 is 1. The average Bonchev–Trinajstić information content (AvgIpc) is 2.86. The van der Waals surface area contributed by atoms with Crippen molar-refractivity contribution in [2.24, 2.45) is 5.41 Å². The van der Waals surface area contributed by atoms with Crippen LogP contribution in [-0.4, -0.2) is 71.5 Å². The quantitative estimate of drug-likeness (QED) is 0.350. The standard InChI is InChI=1S/C25H38IN7O2/c1-17(15-34-3)30-18-4-6-19(7-5-18)31-24-28-14-20(26)22(33-24)21-8-11-27-23(32-21)29-16-25(2)9-12-35-13-10-25/h8,11,14,17-19,30H,4-7,9-10,12-13,15-16H2,1-3H3,(H,27,29,32)(H,28,31,33)/t17-,18?,19?/m0/s1. The first kappa shape index (κ1) is 26.4. The van der Waals surface area contributed by atoms with E-state index in [0.717, 1.165) is 79.8 Å². The molecule has 0 amide bonds. The molecule has 3 heterocycles. The van der Waals surface area contributed by atoms with Crippen LogP contribution in [0.3, 0.4) is 0 Å². The second kappa shape index (κ2) is 12.6. The van der Waals surface area contributed by atoms with E-state index in [9.17, 15) is 0 Å². The smallest absolute Gasteiger partial charge is 0.223 e. The minimum Gasteiger partial charge on any atom is -0.383 e. The highest BCUT2D eigenvalue weighted by Gasteiger charge is 2.27. The lowest BCUT2D eigenvalue weighted by Gasteiger charge is -2.33. The van der Waals surface area contributed by atoms with Gasteiger partial charge in [0.05, 0.1) is 15.9 Å². The molecule has 35 heavy (non-hydrogen) atoms. The SMILES string of the molecule is COC[C@H](C)NC1CCC(Nc2ncc(I)c(-c3ccnc(NCC4(C)CCOCC4)n3)n2)CC1.